The number of carbonyl (C=O) groups is 2. The zero-order valence-corrected chi connectivity index (χ0v) is 11.2. The second-order valence-electron chi connectivity index (χ2n) is 4.84. The van der Waals surface area contributed by atoms with Gasteiger partial charge in [-0.05, 0) is 36.4 Å². The Kier molecular flexibility index (Phi) is 4.43. The summed E-state index contributed by atoms with van der Waals surface area (Å²) in [6.45, 7) is 0.371. The molecule has 0 aliphatic carbocycles. The number of hydrogen-bond donors (Lipinski definition) is 1. The largest absolute Gasteiger partial charge is 0.465 e. The van der Waals surface area contributed by atoms with Crippen molar-refractivity contribution in [2.75, 3.05) is 6.54 Å². The molecule has 1 aromatic carbocycles. The van der Waals surface area contributed by atoms with Crippen molar-refractivity contribution in [3.8, 4) is 0 Å². The van der Waals surface area contributed by atoms with Gasteiger partial charge in [-0.25, -0.2) is 4.79 Å². The smallest absolute Gasteiger partial charge is 0.407 e. The Morgan fingerprint density at radius 3 is 2.58 bits per heavy atom. The van der Waals surface area contributed by atoms with Gasteiger partial charge in [0.05, 0.1) is 0 Å². The predicted octanol–water partition coefficient (Wildman–Crippen LogP) is 2.75. The first-order chi connectivity index (χ1) is 9.08. The van der Waals surface area contributed by atoms with Crippen LogP contribution in [0.15, 0.2) is 30.3 Å². The maximum absolute atomic E-state index is 11.3. The van der Waals surface area contributed by atoms with E-state index in [9.17, 15) is 14.7 Å². The van der Waals surface area contributed by atoms with E-state index in [1.807, 2.05) is 30.3 Å². The average Bonchev–Trinajstić information content (AvgIpc) is 2.39. The van der Waals surface area contributed by atoms with Crippen molar-refractivity contribution in [3.63, 3.8) is 0 Å². The van der Waals surface area contributed by atoms with Gasteiger partial charge in [0.25, 0.3) is 0 Å². The van der Waals surface area contributed by atoms with Gasteiger partial charge in [0.2, 0.25) is 5.24 Å². The summed E-state index contributed by atoms with van der Waals surface area (Å²) in [4.78, 5) is 23.9. The number of carboxylic acid groups (broad SMARTS) is 1. The van der Waals surface area contributed by atoms with E-state index in [2.05, 4.69) is 0 Å². The molecule has 1 heterocycles. The Hall–Kier alpha value is -1.55. The molecule has 102 valence electrons. The standard InChI is InChI=1S/C14H16ClNO3/c15-13(17)11-6-7-16(14(18)19)12(9-11)8-10-4-2-1-3-5-10/h1-5,11-12H,6-9H2,(H,18,19). The van der Waals surface area contributed by atoms with E-state index in [1.165, 1.54) is 4.90 Å². The van der Waals surface area contributed by atoms with Gasteiger partial charge in [0.1, 0.15) is 0 Å². The summed E-state index contributed by atoms with van der Waals surface area (Å²) in [7, 11) is 0. The molecule has 0 aromatic heterocycles. The van der Waals surface area contributed by atoms with Crippen LogP contribution in [0.4, 0.5) is 4.79 Å². The van der Waals surface area contributed by atoms with Crippen LogP contribution in [0, 0.1) is 5.92 Å². The summed E-state index contributed by atoms with van der Waals surface area (Å²) < 4.78 is 0. The van der Waals surface area contributed by atoms with E-state index in [4.69, 9.17) is 11.6 Å². The van der Waals surface area contributed by atoms with Crippen molar-refractivity contribution in [2.45, 2.75) is 25.3 Å². The Labute approximate surface area is 117 Å². The van der Waals surface area contributed by atoms with Crippen molar-refractivity contribution < 1.29 is 14.7 Å². The van der Waals surface area contributed by atoms with E-state index in [0.29, 0.717) is 25.8 Å². The van der Waals surface area contributed by atoms with E-state index in [1.54, 1.807) is 0 Å². The fraction of sp³-hybridized carbons (Fsp3) is 0.429. The lowest BCUT2D eigenvalue weighted by molar-refractivity contribution is -0.117. The molecule has 1 aliphatic heterocycles. The lowest BCUT2D eigenvalue weighted by Gasteiger charge is -2.36. The van der Waals surface area contributed by atoms with Gasteiger partial charge >= 0.3 is 6.09 Å². The van der Waals surface area contributed by atoms with Gasteiger partial charge in [-0.3, -0.25) is 4.79 Å². The third-order valence-electron chi connectivity index (χ3n) is 3.60. The maximum atomic E-state index is 11.3. The van der Waals surface area contributed by atoms with Crippen molar-refractivity contribution in [3.05, 3.63) is 35.9 Å². The van der Waals surface area contributed by atoms with Crippen LogP contribution in [0.3, 0.4) is 0 Å². The molecule has 1 N–H and O–H groups in total. The van der Waals surface area contributed by atoms with Crippen LogP contribution in [0.2, 0.25) is 0 Å². The molecule has 1 saturated heterocycles. The van der Waals surface area contributed by atoms with Gasteiger partial charge in [-0.15, -0.1) is 0 Å². The van der Waals surface area contributed by atoms with Gasteiger partial charge in [0, 0.05) is 18.5 Å². The van der Waals surface area contributed by atoms with Crippen LogP contribution in [-0.2, 0) is 11.2 Å². The van der Waals surface area contributed by atoms with Crippen LogP contribution < -0.4 is 0 Å². The number of hydrogen-bond acceptors (Lipinski definition) is 2. The summed E-state index contributed by atoms with van der Waals surface area (Å²) >= 11 is 5.55. The highest BCUT2D eigenvalue weighted by atomic mass is 35.5. The van der Waals surface area contributed by atoms with Crippen LogP contribution in [-0.4, -0.2) is 33.9 Å². The third-order valence-corrected chi connectivity index (χ3v) is 3.91. The third kappa shape index (κ3) is 3.47. The number of carbonyl (C=O) groups excluding carboxylic acids is 1. The second kappa shape index (κ2) is 6.06. The molecule has 1 fully saturated rings. The SMILES string of the molecule is O=C(Cl)C1CCN(C(=O)O)C(Cc2ccccc2)C1. The normalized spacial score (nSPS) is 23.1. The molecule has 0 bridgehead atoms. The molecule has 5 heteroatoms. The molecule has 0 saturated carbocycles. The maximum Gasteiger partial charge on any atom is 0.407 e. The molecule has 2 unspecified atom stereocenters. The first-order valence-corrected chi connectivity index (χ1v) is 6.68. The molecule has 0 spiro atoms. The van der Waals surface area contributed by atoms with E-state index in [0.717, 1.165) is 5.56 Å². The van der Waals surface area contributed by atoms with Crippen molar-refractivity contribution in [1.82, 2.24) is 4.90 Å². The second-order valence-corrected chi connectivity index (χ2v) is 5.22. The lowest BCUT2D eigenvalue weighted by Crippen LogP contribution is -2.47. The van der Waals surface area contributed by atoms with Gasteiger partial charge in [-0.1, -0.05) is 30.3 Å². The molecular formula is C14H16ClNO3. The zero-order valence-electron chi connectivity index (χ0n) is 10.5. The Morgan fingerprint density at radius 2 is 2.00 bits per heavy atom. The Morgan fingerprint density at radius 1 is 1.32 bits per heavy atom. The highest BCUT2D eigenvalue weighted by molar-refractivity contribution is 6.64. The number of halogens is 1. The fourth-order valence-electron chi connectivity index (χ4n) is 2.59. The van der Waals surface area contributed by atoms with Crippen LogP contribution >= 0.6 is 11.6 Å². The Balaban J connectivity index is 2.11. The number of likely N-dealkylation sites (tertiary alicyclic amines) is 1. The summed E-state index contributed by atoms with van der Waals surface area (Å²) in [5.41, 5.74) is 1.07. The summed E-state index contributed by atoms with van der Waals surface area (Å²) in [5.74, 6) is -0.231. The van der Waals surface area contributed by atoms with E-state index in [-0.39, 0.29) is 17.2 Å². The number of nitrogens with zero attached hydrogens (tertiary/aromatic N) is 1. The highest BCUT2D eigenvalue weighted by Crippen LogP contribution is 2.27. The molecule has 1 aliphatic rings. The monoisotopic (exact) mass is 281 g/mol. The minimum absolute atomic E-state index is 0.179. The zero-order chi connectivity index (χ0) is 13.8. The molecule has 4 nitrogen and oxygen atoms in total. The average molecular weight is 282 g/mol. The topological polar surface area (TPSA) is 57.6 Å². The molecule has 2 rings (SSSR count). The summed E-state index contributed by atoms with van der Waals surface area (Å²) in [6, 6.07) is 9.52. The molecular weight excluding hydrogens is 266 g/mol. The van der Waals surface area contributed by atoms with Crippen molar-refractivity contribution in [2.24, 2.45) is 5.92 Å². The Bertz CT molecular complexity index is 463. The number of piperidine rings is 1. The minimum Gasteiger partial charge on any atom is -0.465 e. The molecule has 2 atom stereocenters. The molecule has 1 amide bonds. The van der Waals surface area contributed by atoms with Gasteiger partial charge < -0.3 is 10.0 Å². The number of benzene rings is 1. The summed E-state index contributed by atoms with van der Waals surface area (Å²) in [5, 5.41) is 8.86. The van der Waals surface area contributed by atoms with Gasteiger partial charge in [-0.2, -0.15) is 0 Å². The minimum atomic E-state index is -0.929. The first kappa shape index (κ1) is 13.9. The highest BCUT2D eigenvalue weighted by Gasteiger charge is 2.34. The first-order valence-electron chi connectivity index (χ1n) is 6.30. The van der Waals surface area contributed by atoms with Crippen LogP contribution in [0.5, 0.6) is 0 Å². The fourth-order valence-corrected chi connectivity index (χ4v) is 2.79. The predicted molar refractivity (Wildman–Crippen MR) is 72.2 cm³/mol. The lowest BCUT2D eigenvalue weighted by atomic mass is 9.88. The number of rotatable bonds is 3. The molecule has 1 aromatic rings. The number of amides is 1. The van der Waals surface area contributed by atoms with Crippen LogP contribution in [0.1, 0.15) is 18.4 Å². The summed E-state index contributed by atoms with van der Waals surface area (Å²) in [6.07, 6.45) is 0.707. The van der Waals surface area contributed by atoms with E-state index < -0.39 is 6.09 Å². The van der Waals surface area contributed by atoms with Crippen molar-refractivity contribution in [1.29, 1.82) is 0 Å². The van der Waals surface area contributed by atoms with Crippen molar-refractivity contribution >= 4 is 22.9 Å². The van der Waals surface area contributed by atoms with Crippen LogP contribution in [0.25, 0.3) is 0 Å². The quantitative estimate of drug-likeness (QED) is 0.867. The molecule has 19 heavy (non-hydrogen) atoms. The van der Waals surface area contributed by atoms with E-state index >= 15 is 0 Å². The molecule has 0 radical (unpaired) electrons. The van der Waals surface area contributed by atoms with Gasteiger partial charge in [0.15, 0.2) is 0 Å².